The molecule has 41 heavy (non-hydrogen) atoms. The van der Waals surface area contributed by atoms with Crippen molar-refractivity contribution in [2.24, 2.45) is 0 Å². The number of aryl methyl sites for hydroxylation is 1. The second kappa shape index (κ2) is 12.1. The molecule has 0 saturated heterocycles. The Morgan fingerprint density at radius 3 is 2.39 bits per heavy atom. The predicted octanol–water partition coefficient (Wildman–Crippen LogP) is 6.51. The highest BCUT2D eigenvalue weighted by molar-refractivity contribution is 5.76. The first-order chi connectivity index (χ1) is 19.4. The second-order valence-electron chi connectivity index (χ2n) is 9.87. The van der Waals surface area contributed by atoms with Crippen molar-refractivity contribution >= 4 is 11.9 Å². The summed E-state index contributed by atoms with van der Waals surface area (Å²) in [6, 6.07) is 20.8. The van der Waals surface area contributed by atoms with Gasteiger partial charge >= 0.3 is 12.1 Å². The summed E-state index contributed by atoms with van der Waals surface area (Å²) in [6.07, 6.45) is -3.21. The molecule has 11 heteroatoms. The molecular weight excluding hydrogens is 537 g/mol. The molecule has 0 aliphatic carbocycles. The average molecular weight is 565 g/mol. The zero-order valence-corrected chi connectivity index (χ0v) is 22.4. The summed E-state index contributed by atoms with van der Waals surface area (Å²) < 4.78 is 50.2. The van der Waals surface area contributed by atoms with Crippen molar-refractivity contribution in [3.8, 4) is 23.3 Å². The van der Waals surface area contributed by atoms with Crippen LogP contribution in [0.4, 0.5) is 19.1 Å². The van der Waals surface area contributed by atoms with Crippen molar-refractivity contribution in [3.63, 3.8) is 0 Å². The number of nitriles is 1. The maximum absolute atomic E-state index is 13.0. The van der Waals surface area contributed by atoms with Crippen molar-refractivity contribution in [1.29, 1.82) is 5.26 Å². The fraction of sp³-hybridized carbons (Fsp3) is 0.267. The number of nitrogens with zero attached hydrogens (tertiary/aromatic N) is 4. The number of anilines is 1. The minimum Gasteiger partial charge on any atom is -0.478 e. The van der Waals surface area contributed by atoms with Crippen molar-refractivity contribution < 1.29 is 32.3 Å². The molecule has 3 aromatic carbocycles. The van der Waals surface area contributed by atoms with Gasteiger partial charge in [0.1, 0.15) is 5.75 Å². The van der Waals surface area contributed by atoms with Crippen LogP contribution in [0.25, 0.3) is 11.5 Å². The summed E-state index contributed by atoms with van der Waals surface area (Å²) in [7, 11) is 0. The minimum absolute atomic E-state index is 0.237. The zero-order valence-electron chi connectivity index (χ0n) is 22.4. The molecule has 0 unspecified atom stereocenters. The maximum atomic E-state index is 13.0. The van der Waals surface area contributed by atoms with Crippen molar-refractivity contribution in [2.45, 2.75) is 45.0 Å². The predicted molar refractivity (Wildman–Crippen MR) is 144 cm³/mol. The number of aliphatic carboxylic acids is 1. The van der Waals surface area contributed by atoms with Crippen LogP contribution in [0, 0.1) is 11.3 Å². The molecule has 4 aromatic rings. The zero-order chi connectivity index (χ0) is 29.6. The molecule has 8 nitrogen and oxygen atoms in total. The van der Waals surface area contributed by atoms with Crippen LogP contribution in [0.1, 0.15) is 42.5 Å². The molecule has 0 spiro atoms. The largest absolute Gasteiger partial charge is 0.478 e. The summed E-state index contributed by atoms with van der Waals surface area (Å²) in [4.78, 5) is 17.7. The third-order valence-corrected chi connectivity index (χ3v) is 6.29. The lowest BCUT2D eigenvalue weighted by Gasteiger charge is -2.22. The molecule has 1 aromatic heterocycles. The van der Waals surface area contributed by atoms with Crippen LogP contribution in [-0.2, 0) is 23.9 Å². The number of benzene rings is 3. The topological polar surface area (TPSA) is 112 Å². The molecule has 1 N–H and O–H groups in total. The van der Waals surface area contributed by atoms with Gasteiger partial charge < -0.3 is 19.3 Å². The van der Waals surface area contributed by atoms with E-state index in [9.17, 15) is 23.1 Å². The molecule has 4 rings (SSSR count). The van der Waals surface area contributed by atoms with Gasteiger partial charge in [0, 0.05) is 18.7 Å². The standard InChI is InChI=1S/C30H27F3N4O4/c1-29(2,27(38)39)40-25-7-3-5-20(17-25)6-4-16-37(19-22-10-14-24(15-11-22)30(31,32)33)28-35-26(41-36-28)23-12-8-21(18-34)9-13-23/h3,5,7-15,17H,4,6,16,19H2,1-2H3,(H,38,39). The van der Waals surface area contributed by atoms with E-state index in [4.69, 9.17) is 14.5 Å². The number of ether oxygens (including phenoxy) is 1. The van der Waals surface area contributed by atoms with Crippen LogP contribution in [0.5, 0.6) is 5.75 Å². The van der Waals surface area contributed by atoms with Gasteiger partial charge in [0.15, 0.2) is 5.60 Å². The Kier molecular flexibility index (Phi) is 8.62. The number of carboxylic acids is 1. The van der Waals surface area contributed by atoms with Crippen LogP contribution in [0.2, 0.25) is 0 Å². The molecule has 0 fully saturated rings. The van der Waals surface area contributed by atoms with Gasteiger partial charge in [0.25, 0.3) is 11.8 Å². The van der Waals surface area contributed by atoms with E-state index in [1.165, 1.54) is 26.0 Å². The smallest absolute Gasteiger partial charge is 0.416 e. The van der Waals surface area contributed by atoms with Crippen LogP contribution < -0.4 is 9.64 Å². The van der Waals surface area contributed by atoms with Gasteiger partial charge in [-0.2, -0.15) is 23.4 Å². The molecular formula is C30H27F3N4O4. The van der Waals surface area contributed by atoms with Gasteiger partial charge in [-0.05, 0) is 91.5 Å². The molecule has 0 saturated carbocycles. The Hall–Kier alpha value is -4.85. The van der Waals surface area contributed by atoms with Gasteiger partial charge in [0.05, 0.1) is 17.2 Å². The van der Waals surface area contributed by atoms with Gasteiger partial charge in [0.2, 0.25) is 0 Å². The van der Waals surface area contributed by atoms with E-state index in [1.807, 2.05) is 17.0 Å². The fourth-order valence-electron chi connectivity index (χ4n) is 3.99. The van der Waals surface area contributed by atoms with Crippen LogP contribution in [0.15, 0.2) is 77.3 Å². The van der Waals surface area contributed by atoms with E-state index in [0.717, 1.165) is 17.7 Å². The van der Waals surface area contributed by atoms with E-state index < -0.39 is 23.3 Å². The first-order valence-corrected chi connectivity index (χ1v) is 12.7. The van der Waals surface area contributed by atoms with Crippen LogP contribution >= 0.6 is 0 Å². The minimum atomic E-state index is -4.43. The van der Waals surface area contributed by atoms with Crippen LogP contribution in [0.3, 0.4) is 0 Å². The third kappa shape index (κ3) is 7.63. The van der Waals surface area contributed by atoms with Gasteiger partial charge in [-0.1, -0.05) is 24.3 Å². The first-order valence-electron chi connectivity index (χ1n) is 12.7. The maximum Gasteiger partial charge on any atom is 0.416 e. The average Bonchev–Trinajstić information content (AvgIpc) is 3.43. The highest BCUT2D eigenvalue weighted by Crippen LogP contribution is 2.30. The number of aromatic nitrogens is 2. The first kappa shape index (κ1) is 29.1. The van der Waals surface area contributed by atoms with Gasteiger partial charge in [-0.15, -0.1) is 0 Å². The Labute approximate surface area is 234 Å². The van der Waals surface area contributed by atoms with E-state index in [1.54, 1.807) is 42.5 Å². The summed E-state index contributed by atoms with van der Waals surface area (Å²) in [6.45, 7) is 3.62. The summed E-state index contributed by atoms with van der Waals surface area (Å²) >= 11 is 0. The highest BCUT2D eigenvalue weighted by atomic mass is 19.4. The summed E-state index contributed by atoms with van der Waals surface area (Å²) in [5.74, 6) is -0.138. The molecule has 0 aliphatic rings. The second-order valence-corrected chi connectivity index (χ2v) is 9.87. The van der Waals surface area contributed by atoms with E-state index in [2.05, 4.69) is 10.1 Å². The van der Waals surface area contributed by atoms with Crippen molar-refractivity contribution in [2.75, 3.05) is 11.4 Å². The lowest BCUT2D eigenvalue weighted by Crippen LogP contribution is -2.37. The normalized spacial score (nSPS) is 11.6. The Balaban J connectivity index is 1.51. The molecule has 0 atom stereocenters. The number of halogens is 3. The lowest BCUT2D eigenvalue weighted by molar-refractivity contribution is -0.152. The molecule has 1 heterocycles. The van der Waals surface area contributed by atoms with Crippen LogP contribution in [-0.4, -0.2) is 33.4 Å². The summed E-state index contributed by atoms with van der Waals surface area (Å²) in [5, 5.41) is 22.5. The van der Waals surface area contributed by atoms with E-state index in [-0.39, 0.29) is 18.4 Å². The number of rotatable bonds is 11. The molecule has 212 valence electrons. The lowest BCUT2D eigenvalue weighted by atomic mass is 10.1. The number of alkyl halides is 3. The Morgan fingerprint density at radius 2 is 1.76 bits per heavy atom. The Bertz CT molecular complexity index is 1530. The molecule has 0 bridgehead atoms. The molecule has 0 aliphatic heterocycles. The van der Waals surface area contributed by atoms with Crippen molar-refractivity contribution in [3.05, 3.63) is 95.1 Å². The van der Waals surface area contributed by atoms with Crippen molar-refractivity contribution in [1.82, 2.24) is 10.1 Å². The Morgan fingerprint density at radius 1 is 1.05 bits per heavy atom. The van der Waals surface area contributed by atoms with Gasteiger partial charge in [-0.25, -0.2) is 4.79 Å². The number of carbonyl (C=O) groups is 1. The number of carboxylic acid groups (broad SMARTS) is 1. The monoisotopic (exact) mass is 564 g/mol. The molecule has 0 amide bonds. The highest BCUT2D eigenvalue weighted by Gasteiger charge is 2.30. The third-order valence-electron chi connectivity index (χ3n) is 6.29. The SMILES string of the molecule is CC(C)(Oc1cccc(CCCN(Cc2ccc(C(F)(F)F)cc2)c2noc(-c3ccc(C#N)cc3)n2)c1)C(=O)O. The summed E-state index contributed by atoms with van der Waals surface area (Å²) in [5.41, 5.74) is 0.543. The van der Waals surface area contributed by atoms with Gasteiger partial charge in [-0.3, -0.25) is 0 Å². The quantitative estimate of drug-likeness (QED) is 0.219. The number of hydrogen-bond acceptors (Lipinski definition) is 7. The molecule has 0 radical (unpaired) electrons. The fourth-order valence-corrected chi connectivity index (χ4v) is 3.99. The van der Waals surface area contributed by atoms with E-state index >= 15 is 0 Å². The van der Waals surface area contributed by atoms with E-state index in [0.29, 0.717) is 41.8 Å². The number of hydrogen-bond donors (Lipinski definition) is 1.